The summed E-state index contributed by atoms with van der Waals surface area (Å²) in [6.07, 6.45) is 3.26. The van der Waals surface area contributed by atoms with Crippen molar-refractivity contribution in [2.24, 2.45) is 0 Å². The normalized spacial score (nSPS) is 17.5. The van der Waals surface area contributed by atoms with Crippen LogP contribution in [0.15, 0.2) is 36.5 Å². The Balaban J connectivity index is 2.25. The largest absolute Gasteiger partial charge is 0.375 e. The summed E-state index contributed by atoms with van der Waals surface area (Å²) in [6, 6.07) is 11.2. The van der Waals surface area contributed by atoms with E-state index in [1.165, 1.54) is 22.6 Å². The van der Waals surface area contributed by atoms with Gasteiger partial charge in [-0.05, 0) is 37.1 Å². The monoisotopic (exact) mass is 212 g/mol. The van der Waals surface area contributed by atoms with E-state index in [9.17, 15) is 0 Å². The van der Waals surface area contributed by atoms with E-state index < -0.39 is 0 Å². The third-order valence-electron chi connectivity index (χ3n) is 3.37. The zero-order chi connectivity index (χ0) is 11.1. The Morgan fingerprint density at radius 1 is 1.25 bits per heavy atom. The molecule has 2 nitrogen and oxygen atoms in total. The van der Waals surface area contributed by atoms with Gasteiger partial charge in [0, 0.05) is 11.9 Å². The fourth-order valence-electron chi connectivity index (χ4n) is 2.50. The second-order valence-electron chi connectivity index (χ2n) is 4.38. The molecule has 0 spiro atoms. The first-order chi connectivity index (χ1) is 7.81. The topological polar surface area (TPSA) is 17.0 Å². The van der Waals surface area contributed by atoms with Crippen molar-refractivity contribution in [2.75, 3.05) is 5.32 Å². The number of rotatable bonds is 1. The van der Waals surface area contributed by atoms with Crippen molar-refractivity contribution >= 4 is 5.69 Å². The van der Waals surface area contributed by atoms with Crippen LogP contribution in [-0.4, -0.2) is 4.57 Å². The Kier molecular flexibility index (Phi) is 2.03. The summed E-state index contributed by atoms with van der Waals surface area (Å²) in [5.74, 6) is 0. The molecule has 3 rings (SSSR count). The van der Waals surface area contributed by atoms with Crippen LogP contribution >= 0.6 is 0 Å². The van der Waals surface area contributed by atoms with Gasteiger partial charge < -0.3 is 9.88 Å². The van der Waals surface area contributed by atoms with Crippen molar-refractivity contribution < 1.29 is 0 Å². The zero-order valence-electron chi connectivity index (χ0n) is 9.70. The van der Waals surface area contributed by atoms with Crippen molar-refractivity contribution in [1.82, 2.24) is 4.57 Å². The van der Waals surface area contributed by atoms with Crippen LogP contribution in [0.25, 0.3) is 5.69 Å². The number of para-hydroxylation sites is 1. The number of nitrogens with zero attached hydrogens (tertiary/aromatic N) is 1. The lowest BCUT2D eigenvalue weighted by Gasteiger charge is -2.29. The van der Waals surface area contributed by atoms with Crippen molar-refractivity contribution in [3.63, 3.8) is 0 Å². The Bertz CT molecular complexity index is 525. The zero-order valence-corrected chi connectivity index (χ0v) is 9.70. The van der Waals surface area contributed by atoms with Gasteiger partial charge in [-0.2, -0.15) is 0 Å². The van der Waals surface area contributed by atoms with Gasteiger partial charge in [0.15, 0.2) is 0 Å². The van der Waals surface area contributed by atoms with Crippen LogP contribution < -0.4 is 5.32 Å². The minimum absolute atomic E-state index is 0.434. The van der Waals surface area contributed by atoms with Crippen molar-refractivity contribution in [1.29, 1.82) is 0 Å². The van der Waals surface area contributed by atoms with Crippen molar-refractivity contribution in [3.8, 4) is 5.69 Å². The van der Waals surface area contributed by atoms with Gasteiger partial charge in [-0.15, -0.1) is 0 Å². The number of benzene rings is 1. The molecule has 2 heteroatoms. The molecule has 2 heterocycles. The fourth-order valence-corrected chi connectivity index (χ4v) is 2.50. The minimum atomic E-state index is 0.434. The Morgan fingerprint density at radius 3 is 2.94 bits per heavy atom. The average Bonchev–Trinajstić information content (AvgIpc) is 2.78. The average molecular weight is 212 g/mol. The highest BCUT2D eigenvalue weighted by Crippen LogP contribution is 2.36. The van der Waals surface area contributed by atoms with Gasteiger partial charge in [0.2, 0.25) is 0 Å². The molecule has 1 aliphatic rings. The quantitative estimate of drug-likeness (QED) is 0.763. The highest BCUT2D eigenvalue weighted by atomic mass is 15.1. The maximum atomic E-state index is 3.64. The summed E-state index contributed by atoms with van der Waals surface area (Å²) in [5.41, 5.74) is 5.22. The van der Waals surface area contributed by atoms with Gasteiger partial charge in [0.05, 0.1) is 17.4 Å². The molecule has 82 valence electrons. The number of aromatic nitrogens is 1. The molecule has 0 unspecified atom stereocenters. The molecule has 0 amide bonds. The second-order valence-corrected chi connectivity index (χ2v) is 4.38. The fraction of sp³-hybridized carbons (Fsp3) is 0.286. The highest BCUT2D eigenvalue weighted by molar-refractivity contribution is 5.69. The first-order valence-corrected chi connectivity index (χ1v) is 5.85. The Morgan fingerprint density at radius 2 is 2.12 bits per heavy atom. The van der Waals surface area contributed by atoms with E-state index in [1.807, 2.05) is 0 Å². The number of nitrogens with one attached hydrogen (secondary N) is 1. The Labute approximate surface area is 95.9 Å². The van der Waals surface area contributed by atoms with E-state index in [0.717, 1.165) is 6.42 Å². The smallest absolute Gasteiger partial charge is 0.0688 e. The van der Waals surface area contributed by atoms with E-state index in [2.05, 4.69) is 60.3 Å². The molecule has 1 N–H and O–H groups in total. The van der Waals surface area contributed by atoms with Gasteiger partial charge in [-0.3, -0.25) is 0 Å². The molecular weight excluding hydrogens is 196 g/mol. The first kappa shape index (κ1) is 9.52. The predicted octanol–water partition coefficient (Wildman–Crippen LogP) is 3.66. The van der Waals surface area contributed by atoms with Crippen LogP contribution in [0, 0.1) is 6.92 Å². The lowest BCUT2D eigenvalue weighted by Crippen LogP contribution is -2.21. The highest BCUT2D eigenvalue weighted by Gasteiger charge is 2.22. The van der Waals surface area contributed by atoms with Gasteiger partial charge in [-0.1, -0.05) is 19.1 Å². The van der Waals surface area contributed by atoms with Crippen LogP contribution in [0.5, 0.6) is 0 Å². The van der Waals surface area contributed by atoms with E-state index in [-0.39, 0.29) is 0 Å². The number of anilines is 1. The molecule has 1 aliphatic heterocycles. The molecule has 1 aromatic carbocycles. The standard InChI is InChI=1S/C14H16N2/c1-3-11-12-8-5-9-16(12)13-7-4-6-10(2)14(13)15-11/h4-9,11,15H,3H2,1-2H3/t11-/m1/s1. The molecular formula is C14H16N2. The third-order valence-corrected chi connectivity index (χ3v) is 3.37. The van der Waals surface area contributed by atoms with Crippen LogP contribution in [0.1, 0.15) is 30.6 Å². The molecule has 1 atom stereocenters. The lowest BCUT2D eigenvalue weighted by atomic mass is 10.0. The molecule has 0 aliphatic carbocycles. The van der Waals surface area contributed by atoms with Gasteiger partial charge >= 0.3 is 0 Å². The number of hydrogen-bond acceptors (Lipinski definition) is 1. The lowest BCUT2D eigenvalue weighted by molar-refractivity contribution is 0.685. The van der Waals surface area contributed by atoms with Crippen LogP contribution in [0.3, 0.4) is 0 Å². The molecule has 0 saturated carbocycles. The summed E-state index contributed by atoms with van der Waals surface area (Å²) in [4.78, 5) is 0. The van der Waals surface area contributed by atoms with Crippen LogP contribution in [0.4, 0.5) is 5.69 Å². The number of aryl methyl sites for hydroxylation is 1. The van der Waals surface area contributed by atoms with E-state index in [1.54, 1.807) is 0 Å². The van der Waals surface area contributed by atoms with Crippen LogP contribution in [-0.2, 0) is 0 Å². The summed E-state index contributed by atoms with van der Waals surface area (Å²) >= 11 is 0. The molecule has 0 saturated heterocycles. The summed E-state index contributed by atoms with van der Waals surface area (Å²) < 4.78 is 2.30. The maximum Gasteiger partial charge on any atom is 0.0688 e. The van der Waals surface area contributed by atoms with Crippen molar-refractivity contribution in [2.45, 2.75) is 26.3 Å². The molecule has 16 heavy (non-hydrogen) atoms. The molecule has 1 aromatic heterocycles. The Hall–Kier alpha value is -1.70. The molecule has 0 radical (unpaired) electrons. The first-order valence-electron chi connectivity index (χ1n) is 5.85. The molecule has 0 fully saturated rings. The van der Waals surface area contributed by atoms with Crippen molar-refractivity contribution in [3.05, 3.63) is 47.8 Å². The summed E-state index contributed by atoms with van der Waals surface area (Å²) in [7, 11) is 0. The maximum absolute atomic E-state index is 3.64. The van der Waals surface area contributed by atoms with Gasteiger partial charge in [0.1, 0.15) is 0 Å². The van der Waals surface area contributed by atoms with E-state index in [4.69, 9.17) is 0 Å². The SMILES string of the molecule is CC[C@H]1Nc2c(C)cccc2-n2cccc21. The predicted molar refractivity (Wildman–Crippen MR) is 67.2 cm³/mol. The van der Waals surface area contributed by atoms with Gasteiger partial charge in [0.25, 0.3) is 0 Å². The number of fused-ring (bicyclic) bond motifs is 3. The minimum Gasteiger partial charge on any atom is -0.375 e. The number of hydrogen-bond donors (Lipinski definition) is 1. The van der Waals surface area contributed by atoms with E-state index >= 15 is 0 Å². The second kappa shape index (κ2) is 3.41. The van der Waals surface area contributed by atoms with Crippen LogP contribution in [0.2, 0.25) is 0 Å². The summed E-state index contributed by atoms with van der Waals surface area (Å²) in [5, 5.41) is 3.64. The van der Waals surface area contributed by atoms with E-state index in [0.29, 0.717) is 6.04 Å². The summed E-state index contributed by atoms with van der Waals surface area (Å²) in [6.45, 7) is 4.38. The molecule has 2 aromatic rings. The molecule has 0 bridgehead atoms. The van der Waals surface area contributed by atoms with Gasteiger partial charge in [-0.25, -0.2) is 0 Å². The third kappa shape index (κ3) is 1.19.